The third-order valence-corrected chi connectivity index (χ3v) is 4.66. The summed E-state index contributed by atoms with van der Waals surface area (Å²) in [5.74, 6) is -3.61. The quantitative estimate of drug-likeness (QED) is 0.293. The molecule has 1 N–H and O–H groups in total. The van der Waals surface area contributed by atoms with Crippen LogP contribution in [0.1, 0.15) is 61.7 Å². The van der Waals surface area contributed by atoms with Gasteiger partial charge in [0.1, 0.15) is 0 Å². The summed E-state index contributed by atoms with van der Waals surface area (Å²) in [5, 5.41) is 9.49. The first-order chi connectivity index (χ1) is 15.6. The van der Waals surface area contributed by atoms with Gasteiger partial charge in [-0.1, -0.05) is 0 Å². The molecule has 0 aliphatic heterocycles. The summed E-state index contributed by atoms with van der Waals surface area (Å²) >= 11 is 0. The van der Waals surface area contributed by atoms with Crippen molar-refractivity contribution in [2.75, 3.05) is 0 Å². The second kappa shape index (κ2) is 8.50. The van der Waals surface area contributed by atoms with E-state index in [0.29, 0.717) is 0 Å². The van der Waals surface area contributed by atoms with Gasteiger partial charge in [-0.3, -0.25) is 4.79 Å². The molecule has 2 aromatic heterocycles. The van der Waals surface area contributed by atoms with Crippen molar-refractivity contribution >= 4 is 23.2 Å². The Kier molecular flexibility index (Phi) is 6.20. The van der Waals surface area contributed by atoms with Gasteiger partial charge in [-0.25, -0.2) is 9.59 Å². The van der Waals surface area contributed by atoms with Crippen molar-refractivity contribution in [1.29, 1.82) is 0 Å². The molecule has 0 bridgehead atoms. The van der Waals surface area contributed by atoms with Crippen LogP contribution in [0.4, 0.5) is 26.3 Å². The number of ketones is 1. The average molecular weight is 487 g/mol. The first-order valence-electron chi connectivity index (χ1n) is 9.53. The van der Waals surface area contributed by atoms with Crippen LogP contribution in [0.25, 0.3) is 5.52 Å². The van der Waals surface area contributed by atoms with Crippen molar-refractivity contribution in [3.8, 4) is 0 Å². The van der Waals surface area contributed by atoms with Gasteiger partial charge in [0, 0.05) is 11.8 Å². The SMILES string of the molecule is CC(C)OC(=O)c1ccn2c(C(=O)c3cc(C(F)(F)F)cc(C(F)(F)F)c3)cc(C(=O)O)c2c1. The Morgan fingerprint density at radius 2 is 1.44 bits per heavy atom. The summed E-state index contributed by atoms with van der Waals surface area (Å²) in [5.41, 5.74) is -5.58. The molecule has 0 radical (unpaired) electrons. The number of aromatic nitrogens is 1. The molecule has 12 heteroatoms. The van der Waals surface area contributed by atoms with Crippen LogP contribution in [0.5, 0.6) is 0 Å². The normalized spacial score (nSPS) is 12.3. The van der Waals surface area contributed by atoms with E-state index in [0.717, 1.165) is 22.7 Å². The van der Waals surface area contributed by atoms with E-state index >= 15 is 0 Å². The number of alkyl halides is 6. The van der Waals surface area contributed by atoms with E-state index < -0.39 is 64.1 Å². The number of ether oxygens (including phenoxy) is 1. The highest BCUT2D eigenvalue weighted by atomic mass is 19.4. The van der Waals surface area contributed by atoms with Gasteiger partial charge in [0.05, 0.1) is 39.6 Å². The number of aromatic carboxylic acids is 1. The number of carbonyl (C=O) groups excluding carboxylic acids is 2. The Bertz CT molecular complexity index is 1270. The van der Waals surface area contributed by atoms with E-state index in [-0.39, 0.29) is 29.3 Å². The number of carboxylic acid groups (broad SMARTS) is 1. The molecule has 180 valence electrons. The molecule has 0 amide bonds. The van der Waals surface area contributed by atoms with Crippen LogP contribution in [0, 0.1) is 0 Å². The molecule has 0 saturated heterocycles. The number of benzene rings is 1. The van der Waals surface area contributed by atoms with Gasteiger partial charge >= 0.3 is 24.3 Å². The van der Waals surface area contributed by atoms with E-state index in [4.69, 9.17) is 4.74 Å². The Labute approximate surface area is 187 Å². The molecule has 3 rings (SSSR count). The molecule has 0 atom stereocenters. The van der Waals surface area contributed by atoms with Crippen molar-refractivity contribution < 1.29 is 50.6 Å². The van der Waals surface area contributed by atoms with E-state index in [9.17, 15) is 45.8 Å². The second-order valence-corrected chi connectivity index (χ2v) is 7.50. The fraction of sp³-hybridized carbons (Fsp3) is 0.227. The molecule has 6 nitrogen and oxygen atoms in total. The molecule has 0 aliphatic carbocycles. The van der Waals surface area contributed by atoms with Crippen molar-refractivity contribution in [2.24, 2.45) is 0 Å². The van der Waals surface area contributed by atoms with Crippen molar-refractivity contribution in [1.82, 2.24) is 4.40 Å². The molecule has 0 fully saturated rings. The van der Waals surface area contributed by atoms with E-state index in [1.54, 1.807) is 13.8 Å². The molecule has 34 heavy (non-hydrogen) atoms. The van der Waals surface area contributed by atoms with Crippen LogP contribution >= 0.6 is 0 Å². The number of carbonyl (C=O) groups is 3. The number of pyridine rings is 1. The number of nitrogens with zero attached hydrogens (tertiary/aromatic N) is 1. The molecule has 1 aromatic carbocycles. The minimum absolute atomic E-state index is 0.0702. The molecule has 0 aliphatic rings. The summed E-state index contributed by atoms with van der Waals surface area (Å²) in [6, 6.07) is 3.47. The van der Waals surface area contributed by atoms with Gasteiger partial charge in [-0.2, -0.15) is 26.3 Å². The number of carboxylic acids is 1. The first-order valence-corrected chi connectivity index (χ1v) is 9.53. The highest BCUT2D eigenvalue weighted by Crippen LogP contribution is 2.37. The summed E-state index contributed by atoms with van der Waals surface area (Å²) in [6.45, 7) is 3.16. The van der Waals surface area contributed by atoms with Crippen LogP contribution in [-0.2, 0) is 17.1 Å². The minimum Gasteiger partial charge on any atom is -0.478 e. The predicted molar refractivity (Wildman–Crippen MR) is 105 cm³/mol. The number of rotatable bonds is 5. The zero-order valence-electron chi connectivity index (χ0n) is 17.4. The van der Waals surface area contributed by atoms with E-state index in [1.165, 1.54) is 6.07 Å². The van der Waals surface area contributed by atoms with Gasteiger partial charge in [0.2, 0.25) is 5.78 Å². The number of fused-ring (bicyclic) bond motifs is 1. The third-order valence-electron chi connectivity index (χ3n) is 4.66. The summed E-state index contributed by atoms with van der Waals surface area (Å²) in [7, 11) is 0. The standard InChI is InChI=1S/C22H15F6NO5/c1-10(2)34-20(33)11-3-4-29-16(7-11)15(19(31)32)9-17(29)18(30)12-5-13(21(23,24)25)8-14(6-12)22(26,27)28/h3-10H,1-2H3,(H,31,32). The predicted octanol–water partition coefficient (Wildman–Crippen LogP) is 5.47. The lowest BCUT2D eigenvalue weighted by molar-refractivity contribution is -0.143. The topological polar surface area (TPSA) is 85.1 Å². The summed E-state index contributed by atoms with van der Waals surface area (Å²) in [4.78, 5) is 36.8. The first kappa shape index (κ1) is 24.8. The third kappa shape index (κ3) is 4.90. The van der Waals surface area contributed by atoms with Crippen LogP contribution in [0.15, 0.2) is 42.6 Å². The van der Waals surface area contributed by atoms with Crippen LogP contribution in [-0.4, -0.2) is 33.3 Å². The molecular formula is C22H15F6NO5. The van der Waals surface area contributed by atoms with Gasteiger partial charge in [-0.05, 0) is 50.2 Å². The Morgan fingerprint density at radius 1 is 0.882 bits per heavy atom. The van der Waals surface area contributed by atoms with Gasteiger partial charge in [0.15, 0.2) is 0 Å². The highest BCUT2D eigenvalue weighted by molar-refractivity contribution is 6.11. The maximum atomic E-state index is 13.2. The summed E-state index contributed by atoms with van der Waals surface area (Å²) in [6.07, 6.45) is -9.73. The monoisotopic (exact) mass is 487 g/mol. The molecule has 0 saturated carbocycles. The lowest BCUT2D eigenvalue weighted by Gasteiger charge is -2.14. The van der Waals surface area contributed by atoms with E-state index in [1.807, 2.05) is 0 Å². The van der Waals surface area contributed by atoms with E-state index in [2.05, 4.69) is 0 Å². The Hall–Kier alpha value is -3.83. The lowest BCUT2D eigenvalue weighted by atomic mass is 10.0. The lowest BCUT2D eigenvalue weighted by Crippen LogP contribution is -2.15. The smallest absolute Gasteiger partial charge is 0.416 e. The Balaban J connectivity index is 2.20. The van der Waals surface area contributed by atoms with Crippen LogP contribution in [0.2, 0.25) is 0 Å². The average Bonchev–Trinajstić information content (AvgIpc) is 3.10. The largest absolute Gasteiger partial charge is 0.478 e. The fourth-order valence-corrected chi connectivity index (χ4v) is 3.19. The molecule has 0 unspecified atom stereocenters. The number of hydrogen-bond donors (Lipinski definition) is 1. The van der Waals surface area contributed by atoms with Crippen LogP contribution in [0.3, 0.4) is 0 Å². The minimum atomic E-state index is -5.17. The number of hydrogen-bond acceptors (Lipinski definition) is 4. The van der Waals surface area contributed by atoms with Crippen molar-refractivity contribution in [2.45, 2.75) is 32.3 Å². The maximum absolute atomic E-state index is 13.2. The fourth-order valence-electron chi connectivity index (χ4n) is 3.19. The summed E-state index contributed by atoms with van der Waals surface area (Å²) < 4.78 is 85.0. The van der Waals surface area contributed by atoms with Gasteiger partial charge < -0.3 is 14.2 Å². The zero-order chi connectivity index (χ0) is 25.6. The highest BCUT2D eigenvalue weighted by Gasteiger charge is 2.38. The van der Waals surface area contributed by atoms with Gasteiger partial charge in [0.25, 0.3) is 0 Å². The molecule has 2 heterocycles. The molecular weight excluding hydrogens is 472 g/mol. The maximum Gasteiger partial charge on any atom is 0.416 e. The number of esters is 1. The van der Waals surface area contributed by atoms with Crippen molar-refractivity contribution in [3.05, 3.63) is 76.1 Å². The molecule has 0 spiro atoms. The number of halogens is 6. The molecule has 3 aromatic rings. The zero-order valence-corrected chi connectivity index (χ0v) is 17.4. The van der Waals surface area contributed by atoms with Crippen molar-refractivity contribution in [3.63, 3.8) is 0 Å². The van der Waals surface area contributed by atoms with Gasteiger partial charge in [-0.15, -0.1) is 0 Å². The second-order valence-electron chi connectivity index (χ2n) is 7.50. The van der Waals surface area contributed by atoms with Crippen LogP contribution < -0.4 is 0 Å². The Morgan fingerprint density at radius 3 is 1.91 bits per heavy atom.